The normalized spacial score (nSPS) is 23.1. The Morgan fingerprint density at radius 2 is 1.77 bits per heavy atom. The van der Waals surface area contributed by atoms with Crippen LogP contribution >= 0.6 is 36.6 Å². The summed E-state index contributed by atoms with van der Waals surface area (Å²) in [7, 11) is 5.60. The molecule has 2 saturated heterocycles. The number of rotatable bonds is 6. The number of benzene rings is 2. The Hall–Kier alpha value is -1.18. The summed E-state index contributed by atoms with van der Waals surface area (Å²) >= 11 is 1.66. The molecule has 4 nitrogen and oxygen atoms in total. The van der Waals surface area contributed by atoms with Crippen LogP contribution < -0.4 is 9.47 Å². The van der Waals surface area contributed by atoms with Crippen LogP contribution in [-0.2, 0) is 6.54 Å². The van der Waals surface area contributed by atoms with Gasteiger partial charge in [0.05, 0.1) is 19.1 Å². The van der Waals surface area contributed by atoms with Gasteiger partial charge in [0.2, 0.25) is 0 Å². The van der Waals surface area contributed by atoms with Gasteiger partial charge in [-0.1, -0.05) is 12.1 Å². The minimum Gasteiger partial charge on any atom is -0.496 e. The maximum absolute atomic E-state index is 13.8. The molecular formula is C23H31Cl2FN2O2S. The predicted octanol–water partition coefficient (Wildman–Crippen LogP) is 5.14. The van der Waals surface area contributed by atoms with Gasteiger partial charge in [-0.2, -0.15) is 0 Å². The van der Waals surface area contributed by atoms with Crippen molar-refractivity contribution in [1.29, 1.82) is 0 Å². The SMILES string of the molecule is COc1cc(SC)c(OC)cc1CN1C[C@@H]2CN(C)[C@@H](c3cccc(F)c3)[C@@H]2C1.Cl.Cl. The summed E-state index contributed by atoms with van der Waals surface area (Å²) in [6, 6.07) is 11.5. The second-order valence-corrected chi connectivity index (χ2v) is 8.92. The minimum atomic E-state index is -0.153. The zero-order chi connectivity index (χ0) is 20.5. The van der Waals surface area contributed by atoms with Crippen LogP contribution in [0.15, 0.2) is 41.3 Å². The Labute approximate surface area is 201 Å². The third kappa shape index (κ3) is 5.25. The second-order valence-electron chi connectivity index (χ2n) is 8.08. The molecule has 0 aromatic heterocycles. The second kappa shape index (κ2) is 11.1. The average Bonchev–Trinajstić information content (AvgIpc) is 3.22. The number of hydrogen-bond acceptors (Lipinski definition) is 5. The highest BCUT2D eigenvalue weighted by Gasteiger charge is 2.46. The molecule has 2 aliphatic rings. The van der Waals surface area contributed by atoms with Crippen molar-refractivity contribution < 1.29 is 13.9 Å². The van der Waals surface area contributed by atoms with Gasteiger partial charge in [0.15, 0.2) is 0 Å². The zero-order valence-electron chi connectivity index (χ0n) is 18.3. The number of halogens is 3. The third-order valence-corrected chi connectivity index (χ3v) is 7.10. The van der Waals surface area contributed by atoms with Gasteiger partial charge < -0.3 is 9.47 Å². The molecule has 2 fully saturated rings. The van der Waals surface area contributed by atoms with Crippen molar-refractivity contribution >= 4 is 36.6 Å². The average molecular weight is 489 g/mol. The molecule has 172 valence electrons. The first kappa shape index (κ1) is 26.1. The lowest BCUT2D eigenvalue weighted by Crippen LogP contribution is -2.29. The summed E-state index contributed by atoms with van der Waals surface area (Å²) in [5.41, 5.74) is 2.24. The molecule has 2 aliphatic heterocycles. The summed E-state index contributed by atoms with van der Waals surface area (Å²) in [5, 5.41) is 0. The molecular weight excluding hydrogens is 458 g/mol. The Balaban J connectivity index is 0.00000171. The molecule has 0 bridgehead atoms. The minimum absolute atomic E-state index is 0. The Bertz CT molecular complexity index is 889. The fourth-order valence-electron chi connectivity index (χ4n) is 5.13. The summed E-state index contributed by atoms with van der Waals surface area (Å²) in [6.07, 6.45) is 2.04. The lowest BCUT2D eigenvalue weighted by molar-refractivity contribution is 0.222. The Morgan fingerprint density at radius 1 is 1.03 bits per heavy atom. The van der Waals surface area contributed by atoms with E-state index >= 15 is 0 Å². The standard InChI is InChI=1S/C23H29FN2O2S.2ClH/c1-25-11-17-13-26(14-19(17)23(25)15-6-5-7-18(24)8-15)12-16-9-21(28-3)22(29-4)10-20(16)27-2;;/h5-10,17,19,23H,11-14H2,1-4H3;2*1H/t17-,19+,23-;;/m0../s1. The van der Waals surface area contributed by atoms with E-state index < -0.39 is 0 Å². The molecule has 0 unspecified atom stereocenters. The van der Waals surface area contributed by atoms with Crippen LogP contribution in [0.2, 0.25) is 0 Å². The van der Waals surface area contributed by atoms with Crippen molar-refractivity contribution in [3.63, 3.8) is 0 Å². The van der Waals surface area contributed by atoms with Crippen LogP contribution in [0.3, 0.4) is 0 Å². The van der Waals surface area contributed by atoms with Crippen LogP contribution in [0.5, 0.6) is 11.5 Å². The summed E-state index contributed by atoms with van der Waals surface area (Å²) in [5.74, 6) is 2.77. The molecule has 31 heavy (non-hydrogen) atoms. The predicted molar refractivity (Wildman–Crippen MR) is 130 cm³/mol. The van der Waals surface area contributed by atoms with E-state index in [1.165, 1.54) is 6.07 Å². The summed E-state index contributed by atoms with van der Waals surface area (Å²) in [4.78, 5) is 5.97. The van der Waals surface area contributed by atoms with E-state index in [4.69, 9.17) is 9.47 Å². The van der Waals surface area contributed by atoms with Gasteiger partial charge in [0, 0.05) is 37.8 Å². The Kier molecular flexibility index (Phi) is 9.34. The summed E-state index contributed by atoms with van der Waals surface area (Å²) < 4.78 is 25.1. The highest BCUT2D eigenvalue weighted by Crippen LogP contribution is 2.45. The Morgan fingerprint density at radius 3 is 2.42 bits per heavy atom. The van der Waals surface area contributed by atoms with E-state index in [1.807, 2.05) is 12.3 Å². The largest absolute Gasteiger partial charge is 0.496 e. The van der Waals surface area contributed by atoms with Crippen LogP contribution in [-0.4, -0.2) is 57.0 Å². The van der Waals surface area contributed by atoms with Crippen molar-refractivity contribution in [1.82, 2.24) is 9.80 Å². The van der Waals surface area contributed by atoms with E-state index in [0.717, 1.165) is 53.7 Å². The molecule has 4 rings (SSSR count). The van der Waals surface area contributed by atoms with Crippen LogP contribution in [0.1, 0.15) is 17.2 Å². The topological polar surface area (TPSA) is 24.9 Å². The van der Waals surface area contributed by atoms with Crippen molar-refractivity contribution in [3.05, 3.63) is 53.3 Å². The van der Waals surface area contributed by atoms with E-state index in [2.05, 4.69) is 35.0 Å². The van der Waals surface area contributed by atoms with Gasteiger partial charge in [-0.15, -0.1) is 36.6 Å². The number of ether oxygens (including phenoxy) is 2. The summed E-state index contributed by atoms with van der Waals surface area (Å²) in [6.45, 7) is 3.94. The van der Waals surface area contributed by atoms with Crippen molar-refractivity contribution in [2.24, 2.45) is 11.8 Å². The number of thioether (sulfide) groups is 1. The van der Waals surface area contributed by atoms with Crippen LogP contribution in [0, 0.1) is 17.7 Å². The van der Waals surface area contributed by atoms with E-state index in [-0.39, 0.29) is 36.7 Å². The molecule has 0 radical (unpaired) electrons. The monoisotopic (exact) mass is 488 g/mol. The first-order valence-corrected chi connectivity index (χ1v) is 11.2. The first-order chi connectivity index (χ1) is 14.0. The number of fused-ring (bicyclic) bond motifs is 1. The van der Waals surface area contributed by atoms with Gasteiger partial charge in [0.1, 0.15) is 17.3 Å². The molecule has 2 aromatic carbocycles. The number of likely N-dealkylation sites (tertiary alicyclic amines) is 2. The molecule has 0 amide bonds. The number of hydrogen-bond donors (Lipinski definition) is 0. The molecule has 0 N–H and O–H groups in total. The van der Waals surface area contributed by atoms with Crippen molar-refractivity contribution in [2.45, 2.75) is 17.5 Å². The van der Waals surface area contributed by atoms with Gasteiger partial charge >= 0.3 is 0 Å². The molecule has 2 aromatic rings. The lowest BCUT2D eigenvalue weighted by Gasteiger charge is -2.27. The molecule has 8 heteroatoms. The quantitative estimate of drug-likeness (QED) is 0.524. The molecule has 2 heterocycles. The first-order valence-electron chi connectivity index (χ1n) is 10.0. The maximum Gasteiger partial charge on any atom is 0.132 e. The molecule has 0 aliphatic carbocycles. The van der Waals surface area contributed by atoms with Crippen LogP contribution in [0.25, 0.3) is 0 Å². The lowest BCUT2D eigenvalue weighted by atomic mass is 9.89. The highest BCUT2D eigenvalue weighted by atomic mass is 35.5. The number of nitrogens with zero attached hydrogens (tertiary/aromatic N) is 2. The molecule has 0 saturated carbocycles. The van der Waals surface area contributed by atoms with Crippen molar-refractivity contribution in [2.75, 3.05) is 47.2 Å². The van der Waals surface area contributed by atoms with E-state index in [0.29, 0.717) is 11.8 Å². The third-order valence-electron chi connectivity index (χ3n) is 6.34. The van der Waals surface area contributed by atoms with Gasteiger partial charge in [0.25, 0.3) is 0 Å². The van der Waals surface area contributed by atoms with Crippen molar-refractivity contribution in [3.8, 4) is 11.5 Å². The van der Waals surface area contributed by atoms with Gasteiger partial charge in [-0.3, -0.25) is 9.80 Å². The van der Waals surface area contributed by atoms with Crippen LogP contribution in [0.4, 0.5) is 4.39 Å². The fraction of sp³-hybridized carbons (Fsp3) is 0.478. The molecule has 0 spiro atoms. The highest BCUT2D eigenvalue weighted by molar-refractivity contribution is 7.98. The fourth-order valence-corrected chi connectivity index (χ4v) is 5.70. The number of methoxy groups -OCH3 is 2. The van der Waals surface area contributed by atoms with Gasteiger partial charge in [-0.05, 0) is 55.0 Å². The van der Waals surface area contributed by atoms with E-state index in [1.54, 1.807) is 32.0 Å². The zero-order valence-corrected chi connectivity index (χ0v) is 20.8. The van der Waals surface area contributed by atoms with E-state index in [9.17, 15) is 4.39 Å². The van der Waals surface area contributed by atoms with Gasteiger partial charge in [-0.25, -0.2) is 4.39 Å². The smallest absolute Gasteiger partial charge is 0.132 e. The molecule has 3 atom stereocenters. The maximum atomic E-state index is 13.8.